The first-order valence-corrected chi connectivity index (χ1v) is 7.43. The van der Waals surface area contributed by atoms with E-state index >= 15 is 0 Å². The molecule has 100 valence electrons. The Morgan fingerprint density at radius 2 is 2.05 bits per heavy atom. The molecule has 0 amide bonds. The zero-order chi connectivity index (χ0) is 13.5. The maximum absolute atomic E-state index is 4.84. The fourth-order valence-electron chi connectivity index (χ4n) is 3.08. The Hall–Kier alpha value is -1.96. The number of allylic oxidation sites excluding steroid dienone is 4. The van der Waals surface area contributed by atoms with E-state index in [0.717, 1.165) is 22.5 Å². The van der Waals surface area contributed by atoms with E-state index in [0.29, 0.717) is 5.92 Å². The number of aromatic nitrogens is 2. The van der Waals surface area contributed by atoms with Crippen LogP contribution in [0.4, 0.5) is 0 Å². The Kier molecular flexibility index (Phi) is 2.69. The lowest BCUT2D eigenvalue weighted by atomic mass is 9.86. The molecule has 2 aromatic rings. The molecular weight excluding hydrogens is 244 g/mol. The van der Waals surface area contributed by atoms with Crippen molar-refractivity contribution in [2.24, 2.45) is 11.8 Å². The summed E-state index contributed by atoms with van der Waals surface area (Å²) in [7, 11) is 0. The van der Waals surface area contributed by atoms with Gasteiger partial charge in [-0.25, -0.2) is 4.98 Å². The van der Waals surface area contributed by atoms with Gasteiger partial charge < -0.3 is 0 Å². The maximum Gasteiger partial charge on any atom is 0.0740 e. The minimum absolute atomic E-state index is 0.666. The van der Waals surface area contributed by atoms with Crippen molar-refractivity contribution in [3.05, 3.63) is 54.0 Å². The summed E-state index contributed by atoms with van der Waals surface area (Å²) in [5.41, 5.74) is 5.14. The summed E-state index contributed by atoms with van der Waals surface area (Å²) in [6.07, 6.45) is 12.2. The normalized spacial score (nSPS) is 22.6. The molecule has 2 heteroatoms. The van der Waals surface area contributed by atoms with Gasteiger partial charge in [0.05, 0.1) is 11.2 Å². The highest BCUT2D eigenvalue weighted by molar-refractivity contribution is 5.83. The Morgan fingerprint density at radius 3 is 2.90 bits per heavy atom. The van der Waals surface area contributed by atoms with E-state index in [9.17, 15) is 0 Å². The van der Waals surface area contributed by atoms with Crippen molar-refractivity contribution in [1.29, 1.82) is 0 Å². The number of rotatable bonds is 2. The van der Waals surface area contributed by atoms with Crippen LogP contribution >= 0.6 is 0 Å². The van der Waals surface area contributed by atoms with Gasteiger partial charge in [0.25, 0.3) is 0 Å². The Morgan fingerprint density at radius 1 is 1.15 bits per heavy atom. The lowest BCUT2D eigenvalue weighted by molar-refractivity contribution is 0.677. The summed E-state index contributed by atoms with van der Waals surface area (Å²) in [6, 6.07) is 6.27. The molecule has 2 aliphatic carbocycles. The van der Waals surface area contributed by atoms with Crippen LogP contribution in [0.25, 0.3) is 16.5 Å². The molecule has 2 nitrogen and oxygen atoms in total. The molecule has 1 fully saturated rings. The fraction of sp³-hybridized carbons (Fsp3) is 0.333. The van der Waals surface area contributed by atoms with Gasteiger partial charge in [-0.15, -0.1) is 0 Å². The van der Waals surface area contributed by atoms with Gasteiger partial charge in [0.2, 0.25) is 0 Å². The molecule has 20 heavy (non-hydrogen) atoms. The number of pyridine rings is 2. The molecule has 0 bridgehead atoms. The minimum atomic E-state index is 0.666. The number of fused-ring (bicyclic) bond motifs is 1. The highest BCUT2D eigenvalue weighted by Crippen LogP contribution is 2.45. The van der Waals surface area contributed by atoms with Crippen molar-refractivity contribution >= 4 is 16.5 Å². The average molecular weight is 262 g/mol. The topological polar surface area (TPSA) is 25.8 Å². The van der Waals surface area contributed by atoms with Crippen LogP contribution in [0.1, 0.15) is 31.9 Å². The van der Waals surface area contributed by atoms with Gasteiger partial charge in [0, 0.05) is 17.8 Å². The predicted molar refractivity (Wildman–Crippen MR) is 82.1 cm³/mol. The van der Waals surface area contributed by atoms with E-state index in [1.165, 1.54) is 24.8 Å². The zero-order valence-corrected chi connectivity index (χ0v) is 11.7. The molecule has 0 radical (unpaired) electrons. The number of hydrogen-bond donors (Lipinski definition) is 0. The zero-order valence-electron chi connectivity index (χ0n) is 11.7. The fourth-order valence-corrected chi connectivity index (χ4v) is 3.08. The van der Waals surface area contributed by atoms with Gasteiger partial charge in [-0.3, -0.25) is 4.98 Å². The van der Waals surface area contributed by atoms with Crippen LogP contribution in [-0.2, 0) is 0 Å². The van der Waals surface area contributed by atoms with Crippen LogP contribution in [0.15, 0.2) is 48.3 Å². The van der Waals surface area contributed by atoms with E-state index < -0.39 is 0 Å². The molecule has 0 saturated heterocycles. The maximum atomic E-state index is 4.84. The highest BCUT2D eigenvalue weighted by Gasteiger charge is 2.30. The molecule has 1 atom stereocenters. The lowest BCUT2D eigenvalue weighted by Crippen LogP contribution is -2.05. The first kappa shape index (κ1) is 11.8. The molecule has 4 rings (SSSR count). The van der Waals surface area contributed by atoms with Gasteiger partial charge in [0.1, 0.15) is 0 Å². The van der Waals surface area contributed by atoms with Crippen molar-refractivity contribution in [3.8, 4) is 0 Å². The Bertz CT molecular complexity index is 723. The Balaban J connectivity index is 1.84. The predicted octanol–water partition coefficient (Wildman–Crippen LogP) is 4.39. The molecule has 1 saturated carbocycles. The van der Waals surface area contributed by atoms with Gasteiger partial charge in [-0.1, -0.05) is 24.6 Å². The average Bonchev–Trinajstić information content (AvgIpc) is 3.31. The molecule has 1 unspecified atom stereocenters. The van der Waals surface area contributed by atoms with Gasteiger partial charge in [0.15, 0.2) is 0 Å². The third-order valence-corrected chi connectivity index (χ3v) is 4.31. The summed E-state index contributed by atoms with van der Waals surface area (Å²) < 4.78 is 0. The van der Waals surface area contributed by atoms with E-state index in [2.05, 4.69) is 36.2 Å². The van der Waals surface area contributed by atoms with E-state index in [-0.39, 0.29) is 0 Å². The highest BCUT2D eigenvalue weighted by atomic mass is 14.7. The van der Waals surface area contributed by atoms with Crippen molar-refractivity contribution < 1.29 is 0 Å². The van der Waals surface area contributed by atoms with Gasteiger partial charge in [-0.2, -0.15) is 0 Å². The van der Waals surface area contributed by atoms with E-state index in [4.69, 9.17) is 4.98 Å². The van der Waals surface area contributed by atoms with Crippen LogP contribution in [0.5, 0.6) is 0 Å². The third kappa shape index (κ3) is 2.05. The largest absolute Gasteiger partial charge is 0.264 e. The van der Waals surface area contributed by atoms with E-state index in [1.807, 2.05) is 18.5 Å². The molecular formula is C18H18N2. The second-order valence-electron chi connectivity index (χ2n) is 6.02. The summed E-state index contributed by atoms with van der Waals surface area (Å²) in [5, 5.41) is 1.11. The van der Waals surface area contributed by atoms with Crippen LogP contribution in [-0.4, -0.2) is 9.97 Å². The quantitative estimate of drug-likeness (QED) is 0.802. The second-order valence-corrected chi connectivity index (χ2v) is 6.02. The van der Waals surface area contributed by atoms with Crippen molar-refractivity contribution in [3.63, 3.8) is 0 Å². The van der Waals surface area contributed by atoms with Crippen molar-refractivity contribution in [2.75, 3.05) is 0 Å². The molecule has 0 spiro atoms. The first-order valence-electron chi connectivity index (χ1n) is 7.43. The summed E-state index contributed by atoms with van der Waals surface area (Å²) in [5.74, 6) is 1.48. The smallest absolute Gasteiger partial charge is 0.0740 e. The van der Waals surface area contributed by atoms with E-state index in [1.54, 1.807) is 5.57 Å². The van der Waals surface area contributed by atoms with Crippen molar-refractivity contribution in [2.45, 2.75) is 26.2 Å². The SMILES string of the molecule is CC1C=CC(c2ccc3cnccc3n2)=C(C2CC2)C1. The number of nitrogens with zero attached hydrogens (tertiary/aromatic N) is 2. The monoisotopic (exact) mass is 262 g/mol. The summed E-state index contributed by atoms with van der Waals surface area (Å²) >= 11 is 0. The first-order chi connectivity index (χ1) is 9.81. The minimum Gasteiger partial charge on any atom is -0.264 e. The summed E-state index contributed by atoms with van der Waals surface area (Å²) in [4.78, 5) is 8.99. The molecule has 2 aliphatic rings. The van der Waals surface area contributed by atoms with Gasteiger partial charge in [-0.05, 0) is 54.9 Å². The van der Waals surface area contributed by atoms with Crippen LogP contribution in [0.3, 0.4) is 0 Å². The van der Waals surface area contributed by atoms with Crippen LogP contribution in [0, 0.1) is 11.8 Å². The van der Waals surface area contributed by atoms with Crippen LogP contribution < -0.4 is 0 Å². The van der Waals surface area contributed by atoms with Gasteiger partial charge >= 0.3 is 0 Å². The standard InChI is InChI=1S/C18H18N2/c1-12-2-6-15(16(10-12)13-3-4-13)18-7-5-14-11-19-9-8-17(14)20-18/h2,5-9,11-13H,3-4,10H2,1H3. The Labute approximate surface area is 119 Å². The summed E-state index contributed by atoms with van der Waals surface area (Å²) in [6.45, 7) is 2.30. The number of hydrogen-bond acceptors (Lipinski definition) is 2. The molecule has 2 heterocycles. The second kappa shape index (κ2) is 4.55. The molecule has 0 N–H and O–H groups in total. The molecule has 0 aromatic carbocycles. The van der Waals surface area contributed by atoms with Crippen LogP contribution in [0.2, 0.25) is 0 Å². The van der Waals surface area contributed by atoms with Crippen molar-refractivity contribution in [1.82, 2.24) is 9.97 Å². The molecule has 2 aromatic heterocycles. The molecule has 0 aliphatic heterocycles. The third-order valence-electron chi connectivity index (χ3n) is 4.31. The lowest BCUT2D eigenvalue weighted by Gasteiger charge is -2.20.